The molecule has 0 aromatic rings. The lowest BCUT2D eigenvalue weighted by Crippen LogP contribution is -2.37. The zero-order valence-electron chi connectivity index (χ0n) is 18.2. The fourth-order valence-electron chi connectivity index (χ4n) is 3.87. The van der Waals surface area contributed by atoms with Crippen molar-refractivity contribution in [2.24, 2.45) is 5.92 Å². The lowest BCUT2D eigenvalue weighted by atomic mass is 9.88. The van der Waals surface area contributed by atoms with Crippen LogP contribution in [0, 0.1) is 5.92 Å². The van der Waals surface area contributed by atoms with E-state index in [4.69, 9.17) is 9.47 Å². The van der Waals surface area contributed by atoms with E-state index >= 15 is 4.39 Å². The van der Waals surface area contributed by atoms with E-state index in [0.29, 0.717) is 38.0 Å². The van der Waals surface area contributed by atoms with Gasteiger partial charge in [0.15, 0.2) is 12.4 Å². The molecule has 3 atom stereocenters. The smallest absolute Gasteiger partial charge is 0.303 e. The Morgan fingerprint density at radius 3 is 2.84 bits per heavy atom. The van der Waals surface area contributed by atoms with Gasteiger partial charge in [0.2, 0.25) is 11.7 Å². The SMILES string of the molecule is CC(=O)NCC1CN[C@H](C2C=CC(C3=CCN(C(=O)COC(C)=O)CCC3)=C(F)C2=O)O1. The Bertz CT molecular complexity index is 881. The molecule has 0 aromatic heterocycles. The first-order chi connectivity index (χ1) is 15.3. The molecular formula is C22H28FN3O6. The molecule has 0 saturated carbocycles. The Morgan fingerprint density at radius 1 is 1.34 bits per heavy atom. The average Bonchev–Trinajstić information content (AvgIpc) is 3.08. The number of rotatable bonds is 6. The second kappa shape index (κ2) is 10.6. The Kier molecular flexibility index (Phi) is 7.92. The molecule has 0 aromatic carbocycles. The number of halogens is 1. The van der Waals surface area contributed by atoms with Gasteiger partial charge < -0.3 is 19.7 Å². The van der Waals surface area contributed by atoms with E-state index in [-0.39, 0.29) is 36.6 Å². The first kappa shape index (κ1) is 23.8. The van der Waals surface area contributed by atoms with Crippen molar-refractivity contribution >= 4 is 23.6 Å². The zero-order chi connectivity index (χ0) is 23.3. The maximum Gasteiger partial charge on any atom is 0.303 e. The standard InChI is InChI=1S/C22H28FN3O6/c1-13(27)24-10-16-11-25-22(32-16)18-6-5-17(20(23)21(18)30)15-4-3-8-26(9-7-15)19(29)12-31-14(2)28/h5-7,16,18,22,25H,3-4,8-12H2,1-2H3,(H,24,27)/t16?,18?,22-/m0/s1. The third-order valence-electron chi connectivity index (χ3n) is 5.55. The van der Waals surface area contributed by atoms with Crippen LogP contribution < -0.4 is 10.6 Å². The molecule has 3 aliphatic rings. The number of hydrogen-bond donors (Lipinski definition) is 2. The van der Waals surface area contributed by atoms with Crippen LogP contribution in [-0.4, -0.2) is 73.6 Å². The maximum atomic E-state index is 15.0. The molecule has 2 unspecified atom stereocenters. The summed E-state index contributed by atoms with van der Waals surface area (Å²) in [6.07, 6.45) is 5.11. The van der Waals surface area contributed by atoms with Crippen molar-refractivity contribution in [3.63, 3.8) is 0 Å². The van der Waals surface area contributed by atoms with Gasteiger partial charge in [0, 0.05) is 45.6 Å². The van der Waals surface area contributed by atoms with Crippen LogP contribution in [-0.2, 0) is 28.7 Å². The third-order valence-corrected chi connectivity index (χ3v) is 5.55. The summed E-state index contributed by atoms with van der Waals surface area (Å²) in [7, 11) is 0. The highest BCUT2D eigenvalue weighted by Gasteiger charge is 2.38. The lowest BCUT2D eigenvalue weighted by molar-refractivity contribution is -0.150. The van der Waals surface area contributed by atoms with Gasteiger partial charge in [-0.05, 0) is 18.4 Å². The van der Waals surface area contributed by atoms with Gasteiger partial charge in [-0.1, -0.05) is 18.2 Å². The summed E-state index contributed by atoms with van der Waals surface area (Å²) in [5.41, 5.74) is 0.894. The van der Waals surface area contributed by atoms with Gasteiger partial charge >= 0.3 is 5.97 Å². The molecule has 1 fully saturated rings. The van der Waals surface area contributed by atoms with Crippen molar-refractivity contribution in [3.8, 4) is 0 Å². The number of nitrogens with one attached hydrogen (secondary N) is 2. The molecule has 1 aliphatic carbocycles. The van der Waals surface area contributed by atoms with Crippen LogP contribution in [0.3, 0.4) is 0 Å². The minimum Gasteiger partial charge on any atom is -0.456 e. The van der Waals surface area contributed by atoms with Crippen molar-refractivity contribution in [2.75, 3.05) is 32.8 Å². The van der Waals surface area contributed by atoms with Crippen LogP contribution in [0.2, 0.25) is 0 Å². The van der Waals surface area contributed by atoms with Gasteiger partial charge in [-0.25, -0.2) is 4.39 Å². The summed E-state index contributed by atoms with van der Waals surface area (Å²) in [5, 5.41) is 5.73. The highest BCUT2D eigenvalue weighted by atomic mass is 19.1. The number of amides is 2. The molecule has 0 bridgehead atoms. The van der Waals surface area contributed by atoms with Gasteiger partial charge in [-0.2, -0.15) is 0 Å². The number of hydrogen-bond acceptors (Lipinski definition) is 7. The van der Waals surface area contributed by atoms with E-state index in [1.54, 1.807) is 18.2 Å². The van der Waals surface area contributed by atoms with E-state index < -0.39 is 29.7 Å². The fraction of sp³-hybridized carbons (Fsp3) is 0.545. The molecule has 9 nitrogen and oxygen atoms in total. The normalized spacial score (nSPS) is 26.0. The van der Waals surface area contributed by atoms with Gasteiger partial charge in [0.05, 0.1) is 12.0 Å². The topological polar surface area (TPSA) is 114 Å². The lowest BCUT2D eigenvalue weighted by Gasteiger charge is -2.23. The largest absolute Gasteiger partial charge is 0.456 e. The van der Waals surface area contributed by atoms with Gasteiger partial charge in [0.25, 0.3) is 5.91 Å². The molecule has 3 rings (SSSR count). The van der Waals surface area contributed by atoms with Crippen molar-refractivity contribution in [3.05, 3.63) is 35.2 Å². The van der Waals surface area contributed by atoms with Gasteiger partial charge in [-0.15, -0.1) is 0 Å². The summed E-state index contributed by atoms with van der Waals surface area (Å²) < 4.78 is 25.6. The van der Waals surface area contributed by atoms with Crippen LogP contribution in [0.1, 0.15) is 26.7 Å². The van der Waals surface area contributed by atoms with Crippen LogP contribution in [0.4, 0.5) is 4.39 Å². The Labute approximate surface area is 185 Å². The van der Waals surface area contributed by atoms with Crippen molar-refractivity contribution in [1.29, 1.82) is 0 Å². The number of ketones is 1. The molecule has 2 heterocycles. The van der Waals surface area contributed by atoms with Crippen LogP contribution in [0.5, 0.6) is 0 Å². The molecule has 0 radical (unpaired) electrons. The van der Waals surface area contributed by atoms with Gasteiger partial charge in [0.1, 0.15) is 6.23 Å². The number of esters is 1. The Balaban J connectivity index is 1.62. The number of carbonyl (C=O) groups is 4. The molecule has 174 valence electrons. The zero-order valence-corrected chi connectivity index (χ0v) is 18.2. The molecule has 2 aliphatic heterocycles. The van der Waals surface area contributed by atoms with Crippen LogP contribution in [0.15, 0.2) is 35.2 Å². The summed E-state index contributed by atoms with van der Waals surface area (Å²) in [4.78, 5) is 48.4. The first-order valence-corrected chi connectivity index (χ1v) is 10.6. The highest BCUT2D eigenvalue weighted by Crippen LogP contribution is 2.32. The number of carbonyl (C=O) groups excluding carboxylic acids is 4. The predicted octanol–water partition coefficient (Wildman–Crippen LogP) is 0.528. The third kappa shape index (κ3) is 5.89. The minimum atomic E-state index is -0.820. The van der Waals surface area contributed by atoms with Crippen LogP contribution in [0.25, 0.3) is 0 Å². The molecule has 10 heteroatoms. The molecule has 1 saturated heterocycles. The Morgan fingerprint density at radius 2 is 2.12 bits per heavy atom. The van der Waals surface area contributed by atoms with Crippen molar-refractivity contribution in [1.82, 2.24) is 15.5 Å². The second-order valence-corrected chi connectivity index (χ2v) is 7.95. The predicted molar refractivity (Wildman–Crippen MR) is 112 cm³/mol. The fourth-order valence-corrected chi connectivity index (χ4v) is 3.87. The van der Waals surface area contributed by atoms with E-state index in [9.17, 15) is 19.2 Å². The number of Topliss-reactive ketones (excluding diaryl/α,β-unsaturated/α-hetero) is 1. The average molecular weight is 449 g/mol. The quantitative estimate of drug-likeness (QED) is 0.569. The number of nitrogens with zero attached hydrogens (tertiary/aromatic N) is 1. The molecule has 2 amide bonds. The maximum absolute atomic E-state index is 15.0. The van der Waals surface area contributed by atoms with E-state index in [2.05, 4.69) is 10.6 Å². The number of ether oxygens (including phenoxy) is 2. The second-order valence-electron chi connectivity index (χ2n) is 7.95. The molecule has 0 spiro atoms. The summed E-state index contributed by atoms with van der Waals surface area (Å²) >= 11 is 0. The summed E-state index contributed by atoms with van der Waals surface area (Å²) in [5.74, 6) is -3.30. The van der Waals surface area contributed by atoms with E-state index in [1.165, 1.54) is 18.7 Å². The van der Waals surface area contributed by atoms with Crippen molar-refractivity contribution in [2.45, 2.75) is 39.0 Å². The van der Waals surface area contributed by atoms with E-state index in [0.717, 1.165) is 0 Å². The highest BCUT2D eigenvalue weighted by molar-refractivity contribution is 6.00. The van der Waals surface area contributed by atoms with Crippen LogP contribution >= 0.6 is 0 Å². The Hall–Kier alpha value is -2.85. The summed E-state index contributed by atoms with van der Waals surface area (Å²) in [6.45, 7) is 3.77. The van der Waals surface area contributed by atoms with E-state index in [1.807, 2.05) is 0 Å². The summed E-state index contributed by atoms with van der Waals surface area (Å²) in [6, 6.07) is 0. The van der Waals surface area contributed by atoms with Gasteiger partial charge in [-0.3, -0.25) is 24.5 Å². The number of allylic oxidation sites excluding steroid dienone is 4. The molecular weight excluding hydrogens is 421 g/mol. The van der Waals surface area contributed by atoms with Crippen molar-refractivity contribution < 1.29 is 33.0 Å². The molecule has 2 N–H and O–H groups in total. The first-order valence-electron chi connectivity index (χ1n) is 10.6. The minimum absolute atomic E-state index is 0.173. The monoisotopic (exact) mass is 449 g/mol. The molecule has 32 heavy (non-hydrogen) atoms.